The molecule has 0 spiro atoms. The van der Waals surface area contributed by atoms with Crippen molar-refractivity contribution in [3.8, 4) is 5.75 Å². The second-order valence-corrected chi connectivity index (χ2v) is 13.1. The summed E-state index contributed by atoms with van der Waals surface area (Å²) in [6.07, 6.45) is 0. The molecular weight excluding hydrogens is 503 g/mol. The smallest absolute Gasteiger partial charge is 0.239 e. The van der Waals surface area contributed by atoms with Crippen LogP contribution in [-0.4, -0.2) is 24.3 Å². The molecule has 0 bridgehead atoms. The van der Waals surface area contributed by atoms with E-state index in [9.17, 15) is 13.5 Å². The van der Waals surface area contributed by atoms with Gasteiger partial charge in [0.2, 0.25) is 10.0 Å². The first-order valence-corrected chi connectivity index (χ1v) is 13.9. The number of hydrogen-bond acceptors (Lipinski definition) is 3. The van der Waals surface area contributed by atoms with E-state index in [0.29, 0.717) is 11.6 Å². The van der Waals surface area contributed by atoms with Crippen molar-refractivity contribution < 1.29 is 13.5 Å². The van der Waals surface area contributed by atoms with E-state index in [1.54, 1.807) is 6.92 Å². The monoisotopic (exact) mass is 532 g/mol. The molecule has 8 heteroatoms. The minimum absolute atomic E-state index is 0.0183. The molecule has 4 rings (SSSR count). The van der Waals surface area contributed by atoms with E-state index >= 15 is 0 Å². The van der Waals surface area contributed by atoms with Crippen LogP contribution in [-0.2, 0) is 15.4 Å². The van der Waals surface area contributed by atoms with Crippen LogP contribution in [0.1, 0.15) is 58.7 Å². The Bertz CT molecular complexity index is 1550. The van der Waals surface area contributed by atoms with Crippen LogP contribution in [0.25, 0.3) is 21.7 Å². The third-order valence-electron chi connectivity index (χ3n) is 6.28. The number of phenols is 1. The molecule has 0 saturated heterocycles. The number of aromatic amines is 1. The molecule has 1 aromatic heterocycles. The number of H-pyrrole nitrogens is 1. The summed E-state index contributed by atoms with van der Waals surface area (Å²) in [5.74, 6) is -0.0590. The fraction of sp³-hybridized carbons (Fsp3) is 0.333. The molecule has 0 fully saturated rings. The van der Waals surface area contributed by atoms with E-state index in [0.717, 1.165) is 32.9 Å². The zero-order chi connectivity index (χ0) is 25.9. The van der Waals surface area contributed by atoms with Crippen LogP contribution in [0.15, 0.2) is 42.5 Å². The van der Waals surface area contributed by atoms with E-state index < -0.39 is 15.4 Å². The average molecular weight is 534 g/mol. The Hall–Kier alpha value is -2.41. The molecule has 35 heavy (non-hydrogen) atoms. The number of phenolic OH excluding ortho intramolecular Hbond substituents is 1. The molecule has 0 atom stereocenters. The van der Waals surface area contributed by atoms with Crippen LogP contribution in [0.4, 0.5) is 11.4 Å². The van der Waals surface area contributed by atoms with E-state index in [1.807, 2.05) is 32.9 Å². The van der Waals surface area contributed by atoms with Crippen LogP contribution in [0.2, 0.25) is 10.0 Å². The SMILES string of the molecule is CCS(=O)(=O)N(c1cc(Cl)c(O)cc1Cl)c1c(C(C)(C)C)[nH]c2ccc3ccc(C(C)C)cc3c12. The third kappa shape index (κ3) is 4.48. The Morgan fingerprint density at radius 1 is 1.03 bits per heavy atom. The summed E-state index contributed by atoms with van der Waals surface area (Å²) >= 11 is 12.8. The van der Waals surface area contributed by atoms with Crippen LogP contribution in [0.3, 0.4) is 0 Å². The molecule has 186 valence electrons. The van der Waals surface area contributed by atoms with Crippen LogP contribution in [0, 0.1) is 0 Å². The summed E-state index contributed by atoms with van der Waals surface area (Å²) in [6, 6.07) is 13.0. The van der Waals surface area contributed by atoms with Gasteiger partial charge < -0.3 is 10.1 Å². The quantitative estimate of drug-likeness (QED) is 0.271. The maximum absolute atomic E-state index is 13.7. The van der Waals surface area contributed by atoms with Crippen LogP contribution in [0.5, 0.6) is 5.75 Å². The summed E-state index contributed by atoms with van der Waals surface area (Å²) in [7, 11) is -3.87. The van der Waals surface area contributed by atoms with Gasteiger partial charge in [0.1, 0.15) is 5.75 Å². The topological polar surface area (TPSA) is 73.4 Å². The van der Waals surface area contributed by atoms with Crippen molar-refractivity contribution >= 4 is 66.3 Å². The highest BCUT2D eigenvalue weighted by atomic mass is 35.5. The Morgan fingerprint density at radius 3 is 2.29 bits per heavy atom. The number of fused-ring (bicyclic) bond motifs is 3. The number of halogens is 2. The molecule has 0 amide bonds. The average Bonchev–Trinajstić information content (AvgIpc) is 3.17. The molecule has 0 radical (unpaired) electrons. The molecule has 4 aromatic rings. The van der Waals surface area contributed by atoms with Crippen molar-refractivity contribution in [1.82, 2.24) is 4.98 Å². The van der Waals surface area contributed by atoms with Crippen molar-refractivity contribution in [2.75, 3.05) is 10.1 Å². The van der Waals surface area contributed by atoms with E-state index in [-0.39, 0.29) is 27.2 Å². The van der Waals surface area contributed by atoms with Gasteiger partial charge in [0.15, 0.2) is 0 Å². The first kappa shape index (κ1) is 25.7. The number of benzene rings is 3. The summed E-state index contributed by atoms with van der Waals surface area (Å²) < 4.78 is 28.8. The van der Waals surface area contributed by atoms with E-state index in [4.69, 9.17) is 23.2 Å². The zero-order valence-electron chi connectivity index (χ0n) is 20.7. The van der Waals surface area contributed by atoms with Gasteiger partial charge in [-0.2, -0.15) is 0 Å². The van der Waals surface area contributed by atoms with Crippen LogP contribution >= 0.6 is 23.2 Å². The molecule has 0 aliphatic rings. The van der Waals surface area contributed by atoms with Crippen molar-refractivity contribution in [3.63, 3.8) is 0 Å². The van der Waals surface area contributed by atoms with E-state index in [1.165, 1.54) is 16.4 Å². The fourth-order valence-electron chi connectivity index (χ4n) is 4.34. The highest BCUT2D eigenvalue weighted by molar-refractivity contribution is 7.93. The van der Waals surface area contributed by atoms with Gasteiger partial charge in [-0.3, -0.25) is 0 Å². The first-order chi connectivity index (χ1) is 16.3. The number of nitrogens with zero attached hydrogens (tertiary/aromatic N) is 1. The van der Waals surface area contributed by atoms with Crippen molar-refractivity contribution in [3.05, 3.63) is 63.8 Å². The predicted molar refractivity (Wildman–Crippen MR) is 148 cm³/mol. The van der Waals surface area contributed by atoms with Crippen molar-refractivity contribution in [2.45, 2.75) is 52.9 Å². The molecule has 2 N–H and O–H groups in total. The van der Waals surface area contributed by atoms with Gasteiger partial charge in [-0.05, 0) is 41.3 Å². The normalized spacial score (nSPS) is 12.7. The maximum Gasteiger partial charge on any atom is 0.239 e. The predicted octanol–water partition coefficient (Wildman–Crippen LogP) is 8.24. The van der Waals surface area contributed by atoms with Gasteiger partial charge >= 0.3 is 0 Å². The Kier molecular flexibility index (Phi) is 6.54. The summed E-state index contributed by atoms with van der Waals surface area (Å²) in [5.41, 5.74) is 3.03. The molecule has 1 heterocycles. The standard InChI is InChI=1S/C27H30Cl2N2O3S/c1-7-35(33,34)31(22-13-20(29)23(32)14-19(22)28)25-24-18-12-17(15(2)3)9-8-16(18)10-11-21(24)30-26(25)27(4,5)6/h8-15,30,32H,7H2,1-6H3. The highest BCUT2D eigenvalue weighted by Gasteiger charge is 2.34. The number of hydrogen-bond donors (Lipinski definition) is 2. The largest absolute Gasteiger partial charge is 0.506 e. The second-order valence-electron chi connectivity index (χ2n) is 10.1. The molecule has 3 aromatic carbocycles. The summed E-state index contributed by atoms with van der Waals surface area (Å²) in [4.78, 5) is 3.51. The number of aromatic hydroxyl groups is 1. The van der Waals surface area contributed by atoms with Crippen molar-refractivity contribution in [1.29, 1.82) is 0 Å². The lowest BCUT2D eigenvalue weighted by Gasteiger charge is -2.29. The molecule has 0 aliphatic carbocycles. The van der Waals surface area contributed by atoms with Gasteiger partial charge in [0, 0.05) is 28.1 Å². The molecule has 0 aliphatic heterocycles. The zero-order valence-corrected chi connectivity index (χ0v) is 23.0. The molecule has 0 unspecified atom stereocenters. The first-order valence-electron chi connectivity index (χ1n) is 11.6. The summed E-state index contributed by atoms with van der Waals surface area (Å²) in [6.45, 7) is 12.0. The number of rotatable bonds is 5. The lowest BCUT2D eigenvalue weighted by atomic mass is 9.90. The van der Waals surface area contributed by atoms with Gasteiger partial charge in [0.05, 0.1) is 27.2 Å². The molecular formula is C27H30Cl2N2O3S. The number of sulfonamides is 1. The number of anilines is 2. The van der Waals surface area contributed by atoms with E-state index in [2.05, 4.69) is 37.0 Å². The highest BCUT2D eigenvalue weighted by Crippen LogP contribution is 2.48. The van der Waals surface area contributed by atoms with Gasteiger partial charge in [0.25, 0.3) is 0 Å². The lowest BCUT2D eigenvalue weighted by Crippen LogP contribution is -2.30. The fourth-order valence-corrected chi connectivity index (χ4v) is 5.96. The minimum Gasteiger partial charge on any atom is -0.506 e. The number of aromatic nitrogens is 1. The van der Waals surface area contributed by atoms with Gasteiger partial charge in [-0.25, -0.2) is 12.7 Å². The Labute approximate surface area is 216 Å². The van der Waals surface area contributed by atoms with Gasteiger partial charge in [-0.15, -0.1) is 0 Å². The Balaban J connectivity index is 2.25. The Morgan fingerprint density at radius 2 is 1.69 bits per heavy atom. The molecule has 0 saturated carbocycles. The summed E-state index contributed by atoms with van der Waals surface area (Å²) in [5, 5.41) is 12.9. The van der Waals surface area contributed by atoms with Gasteiger partial charge in [-0.1, -0.05) is 82.1 Å². The minimum atomic E-state index is -3.87. The molecule has 5 nitrogen and oxygen atoms in total. The lowest BCUT2D eigenvalue weighted by molar-refractivity contribution is 0.475. The van der Waals surface area contributed by atoms with Crippen molar-refractivity contribution in [2.24, 2.45) is 0 Å². The number of nitrogens with one attached hydrogen (secondary N) is 1. The third-order valence-corrected chi connectivity index (χ3v) is 8.55. The van der Waals surface area contributed by atoms with Crippen LogP contribution < -0.4 is 4.31 Å². The second kappa shape index (κ2) is 8.91. The maximum atomic E-state index is 13.7.